The fraction of sp³-hybridized carbons (Fsp3) is 0.429. The zero-order valence-electron chi connectivity index (χ0n) is 6.12. The van der Waals surface area contributed by atoms with Crippen LogP contribution in [0.15, 0.2) is 11.0 Å². The van der Waals surface area contributed by atoms with Crippen LogP contribution < -0.4 is 0 Å². The van der Waals surface area contributed by atoms with Crippen LogP contribution in [0.25, 0.3) is 0 Å². The Morgan fingerprint density at radius 3 is 2.91 bits per heavy atom. The molecule has 0 amide bonds. The van der Waals surface area contributed by atoms with Gasteiger partial charge in [-0.2, -0.15) is 0 Å². The quantitative estimate of drug-likeness (QED) is 0.462. The Morgan fingerprint density at radius 1 is 1.82 bits per heavy atom. The van der Waals surface area contributed by atoms with E-state index in [4.69, 9.17) is 0 Å². The summed E-state index contributed by atoms with van der Waals surface area (Å²) in [4.78, 5) is 21.9. The maximum atomic E-state index is 10.7. The average molecular weight is 172 g/mol. The number of allylic oxidation sites excluding steroid dienone is 1. The van der Waals surface area contributed by atoms with Crippen LogP contribution in [0.3, 0.4) is 0 Å². The SMILES string of the molecule is CCOC(=O)/C=C1/CC(=O)S1. The van der Waals surface area contributed by atoms with Crippen LogP contribution in [0.2, 0.25) is 0 Å². The second kappa shape index (κ2) is 3.57. The van der Waals surface area contributed by atoms with Crippen LogP contribution in [0, 0.1) is 0 Å². The van der Waals surface area contributed by atoms with Crippen molar-refractivity contribution in [2.24, 2.45) is 0 Å². The number of hydrogen-bond donors (Lipinski definition) is 0. The highest BCUT2D eigenvalue weighted by Gasteiger charge is 2.21. The van der Waals surface area contributed by atoms with Crippen LogP contribution in [0.4, 0.5) is 0 Å². The molecule has 60 valence electrons. The molecule has 0 aromatic heterocycles. The Balaban J connectivity index is 2.34. The molecule has 3 nitrogen and oxygen atoms in total. The number of hydrogen-bond acceptors (Lipinski definition) is 4. The van der Waals surface area contributed by atoms with Gasteiger partial charge in [0.1, 0.15) is 0 Å². The van der Waals surface area contributed by atoms with Gasteiger partial charge in [0.2, 0.25) is 0 Å². The molecule has 0 saturated carbocycles. The van der Waals surface area contributed by atoms with E-state index in [2.05, 4.69) is 4.74 Å². The smallest absolute Gasteiger partial charge is 0.331 e. The second-order valence-corrected chi connectivity index (χ2v) is 3.20. The number of rotatable bonds is 2. The molecule has 0 aromatic rings. The van der Waals surface area contributed by atoms with Crippen molar-refractivity contribution in [2.45, 2.75) is 13.3 Å². The van der Waals surface area contributed by atoms with Crippen LogP contribution >= 0.6 is 11.8 Å². The Morgan fingerprint density at radius 2 is 2.45 bits per heavy atom. The normalized spacial score (nSPS) is 19.7. The van der Waals surface area contributed by atoms with Crippen LogP contribution in [0.1, 0.15) is 13.3 Å². The molecule has 0 aliphatic carbocycles. The zero-order valence-corrected chi connectivity index (χ0v) is 6.94. The summed E-state index contributed by atoms with van der Waals surface area (Å²) in [5.74, 6) is -0.359. The van der Waals surface area contributed by atoms with Gasteiger partial charge in [-0.05, 0) is 6.92 Å². The van der Waals surface area contributed by atoms with Crippen LogP contribution in [-0.4, -0.2) is 17.7 Å². The van der Waals surface area contributed by atoms with Crippen molar-refractivity contribution in [3.63, 3.8) is 0 Å². The van der Waals surface area contributed by atoms with E-state index in [9.17, 15) is 9.59 Å². The monoisotopic (exact) mass is 172 g/mol. The number of carbonyl (C=O) groups is 2. The number of thioether (sulfide) groups is 1. The van der Waals surface area contributed by atoms with E-state index < -0.39 is 0 Å². The molecule has 0 bridgehead atoms. The molecule has 4 heteroatoms. The summed E-state index contributed by atoms with van der Waals surface area (Å²) in [6.07, 6.45) is 1.76. The Bertz CT molecular complexity index is 210. The summed E-state index contributed by atoms with van der Waals surface area (Å²) in [5.41, 5.74) is 0. The zero-order chi connectivity index (χ0) is 8.27. The topological polar surface area (TPSA) is 43.4 Å². The fourth-order valence-electron chi connectivity index (χ4n) is 0.676. The van der Waals surface area contributed by atoms with Crippen molar-refractivity contribution in [2.75, 3.05) is 6.61 Å². The van der Waals surface area contributed by atoms with Gasteiger partial charge < -0.3 is 4.74 Å². The van der Waals surface area contributed by atoms with Crippen molar-refractivity contribution in [1.29, 1.82) is 0 Å². The summed E-state index contributed by atoms with van der Waals surface area (Å²) in [7, 11) is 0. The number of carbonyl (C=O) groups excluding carboxylic acids is 2. The van der Waals surface area contributed by atoms with Crippen molar-refractivity contribution < 1.29 is 14.3 Å². The molecule has 1 fully saturated rings. The van der Waals surface area contributed by atoms with Gasteiger partial charge >= 0.3 is 5.97 Å². The summed E-state index contributed by atoms with van der Waals surface area (Å²) in [6.45, 7) is 2.12. The van der Waals surface area contributed by atoms with E-state index in [1.54, 1.807) is 6.92 Å². The maximum absolute atomic E-state index is 10.7. The summed E-state index contributed by atoms with van der Waals surface area (Å²) in [5, 5.41) is 0.112. The molecule has 11 heavy (non-hydrogen) atoms. The molecule has 0 aromatic carbocycles. The molecular formula is C7H8O3S. The third-order valence-electron chi connectivity index (χ3n) is 1.13. The van der Waals surface area contributed by atoms with Gasteiger partial charge in [0.05, 0.1) is 6.61 Å². The molecule has 0 N–H and O–H groups in total. The van der Waals surface area contributed by atoms with Crippen molar-refractivity contribution in [1.82, 2.24) is 0 Å². The highest BCUT2D eigenvalue weighted by Crippen LogP contribution is 2.33. The van der Waals surface area contributed by atoms with E-state index in [1.807, 2.05) is 0 Å². The lowest BCUT2D eigenvalue weighted by molar-refractivity contribution is -0.137. The lowest BCUT2D eigenvalue weighted by Gasteiger charge is -2.12. The minimum Gasteiger partial charge on any atom is -0.463 e. The van der Waals surface area contributed by atoms with Gasteiger partial charge in [-0.3, -0.25) is 4.79 Å². The number of esters is 1. The van der Waals surface area contributed by atoms with E-state index in [-0.39, 0.29) is 11.1 Å². The maximum Gasteiger partial charge on any atom is 0.331 e. The minimum atomic E-state index is -0.359. The largest absolute Gasteiger partial charge is 0.463 e. The average Bonchev–Trinajstić information content (AvgIpc) is 1.85. The first-order chi connectivity index (χ1) is 5.22. The lowest BCUT2D eigenvalue weighted by Crippen LogP contribution is -2.08. The van der Waals surface area contributed by atoms with Gasteiger partial charge in [0.15, 0.2) is 5.12 Å². The summed E-state index contributed by atoms with van der Waals surface area (Å²) < 4.78 is 4.64. The third-order valence-corrected chi connectivity index (χ3v) is 2.03. The molecule has 1 aliphatic heterocycles. The van der Waals surface area contributed by atoms with Gasteiger partial charge in [0.25, 0.3) is 0 Å². The predicted octanol–water partition coefficient (Wildman–Crippen LogP) is 1.10. The molecule has 1 rings (SSSR count). The first-order valence-electron chi connectivity index (χ1n) is 3.30. The highest BCUT2D eigenvalue weighted by molar-refractivity contribution is 8.19. The first-order valence-corrected chi connectivity index (χ1v) is 4.12. The van der Waals surface area contributed by atoms with Crippen LogP contribution in [0.5, 0.6) is 0 Å². The van der Waals surface area contributed by atoms with E-state index >= 15 is 0 Å². The highest BCUT2D eigenvalue weighted by atomic mass is 32.2. The van der Waals surface area contributed by atoms with E-state index in [1.165, 1.54) is 6.08 Å². The molecule has 1 saturated heterocycles. The van der Waals surface area contributed by atoms with E-state index in [0.29, 0.717) is 13.0 Å². The van der Waals surface area contributed by atoms with Gasteiger partial charge in [0, 0.05) is 17.4 Å². The Hall–Kier alpha value is -0.770. The Kier molecular flexibility index (Phi) is 2.70. The third kappa shape index (κ3) is 2.38. The molecule has 0 unspecified atom stereocenters. The minimum absolute atomic E-state index is 0.112. The Labute approximate surface area is 68.8 Å². The molecule has 0 atom stereocenters. The molecule has 1 aliphatic rings. The van der Waals surface area contributed by atoms with Gasteiger partial charge in [-0.25, -0.2) is 4.79 Å². The fourth-order valence-corrected chi connectivity index (χ4v) is 1.31. The lowest BCUT2D eigenvalue weighted by atomic mass is 10.4. The summed E-state index contributed by atoms with van der Waals surface area (Å²) in [6, 6.07) is 0. The van der Waals surface area contributed by atoms with Gasteiger partial charge in [-0.15, -0.1) is 0 Å². The predicted molar refractivity (Wildman–Crippen MR) is 41.9 cm³/mol. The summed E-state index contributed by atoms with van der Waals surface area (Å²) >= 11 is 1.10. The first kappa shape index (κ1) is 8.33. The molecular weight excluding hydrogens is 164 g/mol. The van der Waals surface area contributed by atoms with Gasteiger partial charge in [-0.1, -0.05) is 11.8 Å². The van der Waals surface area contributed by atoms with Crippen molar-refractivity contribution >= 4 is 22.8 Å². The van der Waals surface area contributed by atoms with E-state index in [0.717, 1.165) is 16.7 Å². The standard InChI is InChI=1S/C7H8O3S/c1-2-10-6(8)3-5-4-7(9)11-5/h3H,2,4H2,1H3/b5-3-. The number of ether oxygens (including phenoxy) is 1. The van der Waals surface area contributed by atoms with Crippen molar-refractivity contribution in [3.8, 4) is 0 Å². The molecule has 0 radical (unpaired) electrons. The molecule has 1 heterocycles. The van der Waals surface area contributed by atoms with Crippen LogP contribution in [-0.2, 0) is 14.3 Å². The molecule has 0 spiro atoms. The van der Waals surface area contributed by atoms with Crippen molar-refractivity contribution in [3.05, 3.63) is 11.0 Å². The second-order valence-electron chi connectivity index (χ2n) is 2.01.